The Morgan fingerprint density at radius 1 is 0.393 bits per heavy atom. The monoisotopic (exact) mass is 785 g/mol. The lowest BCUT2D eigenvalue weighted by Gasteiger charge is -2.18. The molecule has 5 heteroatoms. The van der Waals surface area contributed by atoms with Crippen molar-refractivity contribution in [3.8, 4) is 0 Å². The van der Waals surface area contributed by atoms with Crippen LogP contribution in [0.1, 0.15) is 239 Å². The zero-order valence-electron chi connectivity index (χ0n) is 37.4. The van der Waals surface area contributed by atoms with Crippen LogP contribution in [-0.4, -0.2) is 37.9 Å². The van der Waals surface area contributed by atoms with Gasteiger partial charge in [0, 0.05) is 19.4 Å². The normalized spacial score (nSPS) is 12.6. The molecular weight excluding hydrogens is 693 g/mol. The number of unbranched alkanes of at least 4 members (excludes halogenated alkanes) is 25. The van der Waals surface area contributed by atoms with Gasteiger partial charge >= 0.3 is 11.9 Å². The van der Waals surface area contributed by atoms with Crippen LogP contribution in [0.15, 0.2) is 48.6 Å². The summed E-state index contributed by atoms with van der Waals surface area (Å²) in [6.45, 7) is 7.74. The Hall–Kier alpha value is -2.14. The molecule has 0 saturated carbocycles. The summed E-state index contributed by atoms with van der Waals surface area (Å²) in [6.07, 6.45) is 56.8. The maximum atomic E-state index is 12.7. The first-order chi connectivity index (χ1) is 27.6. The Morgan fingerprint density at radius 3 is 1.30 bits per heavy atom. The van der Waals surface area contributed by atoms with Gasteiger partial charge in [-0.15, -0.1) is 0 Å². The fourth-order valence-electron chi connectivity index (χ4n) is 6.67. The van der Waals surface area contributed by atoms with Gasteiger partial charge in [-0.2, -0.15) is 0 Å². The van der Waals surface area contributed by atoms with Crippen molar-refractivity contribution in [1.29, 1.82) is 0 Å². The van der Waals surface area contributed by atoms with Gasteiger partial charge in [0.25, 0.3) is 0 Å². The zero-order valence-corrected chi connectivity index (χ0v) is 37.4. The fourth-order valence-corrected chi connectivity index (χ4v) is 6.67. The Bertz CT molecular complexity index is 935. The molecule has 0 aliphatic carbocycles. The van der Waals surface area contributed by atoms with E-state index in [-0.39, 0.29) is 25.2 Å². The van der Waals surface area contributed by atoms with Crippen molar-refractivity contribution in [3.63, 3.8) is 0 Å². The van der Waals surface area contributed by atoms with Crippen LogP contribution in [0.2, 0.25) is 0 Å². The summed E-state index contributed by atoms with van der Waals surface area (Å²) in [5.41, 5.74) is 0. The summed E-state index contributed by atoms with van der Waals surface area (Å²) in [4.78, 5) is 25.2. The topological polar surface area (TPSA) is 61.8 Å². The second kappa shape index (κ2) is 47.2. The van der Waals surface area contributed by atoms with Crippen molar-refractivity contribution in [3.05, 3.63) is 48.6 Å². The fraction of sp³-hybridized carbons (Fsp3) is 0.804. The molecule has 0 aliphatic heterocycles. The second-order valence-electron chi connectivity index (χ2n) is 16.0. The minimum Gasteiger partial charge on any atom is -0.462 e. The quantitative estimate of drug-likeness (QED) is 0.0350. The number of hydrogen-bond acceptors (Lipinski definition) is 5. The standard InChI is InChI=1S/C51H92O5/c1-4-7-10-13-16-19-21-23-24-25-26-27-28-29-30-33-35-38-41-44-50(52)55-48-49(56-51(53)45-42-39-36-32-18-15-12-9-6-3)47-54-46-43-40-37-34-31-22-20-17-14-11-8-5-2/h14,16-17,19,23-24,26-27,49H,4-13,15,18,20-22,25,28-48H2,1-3H3/b17-14-,19-16-,24-23-,27-26-. The molecule has 0 spiro atoms. The molecule has 1 atom stereocenters. The van der Waals surface area contributed by atoms with Gasteiger partial charge in [0.05, 0.1) is 6.61 Å². The summed E-state index contributed by atoms with van der Waals surface area (Å²) < 4.78 is 17.3. The average molecular weight is 785 g/mol. The highest BCUT2D eigenvalue weighted by molar-refractivity contribution is 5.70. The van der Waals surface area contributed by atoms with Crippen LogP contribution in [0.3, 0.4) is 0 Å². The van der Waals surface area contributed by atoms with E-state index in [2.05, 4.69) is 69.4 Å². The van der Waals surface area contributed by atoms with Crippen molar-refractivity contribution >= 4 is 11.9 Å². The van der Waals surface area contributed by atoms with Gasteiger partial charge in [0.2, 0.25) is 0 Å². The van der Waals surface area contributed by atoms with Crippen LogP contribution in [-0.2, 0) is 23.8 Å². The van der Waals surface area contributed by atoms with E-state index in [0.717, 1.165) is 64.2 Å². The molecule has 56 heavy (non-hydrogen) atoms. The largest absolute Gasteiger partial charge is 0.462 e. The number of ether oxygens (including phenoxy) is 3. The Morgan fingerprint density at radius 2 is 0.768 bits per heavy atom. The molecule has 0 aromatic carbocycles. The Balaban J connectivity index is 4.19. The Kier molecular flexibility index (Phi) is 45.4. The molecule has 0 rings (SSSR count). The highest BCUT2D eigenvalue weighted by Gasteiger charge is 2.17. The summed E-state index contributed by atoms with van der Waals surface area (Å²) in [5, 5.41) is 0. The Labute approximate surface area is 348 Å². The maximum absolute atomic E-state index is 12.7. The third-order valence-electron chi connectivity index (χ3n) is 10.3. The third kappa shape index (κ3) is 44.6. The van der Waals surface area contributed by atoms with Crippen LogP contribution in [0, 0.1) is 0 Å². The zero-order chi connectivity index (χ0) is 40.7. The molecule has 0 heterocycles. The van der Waals surface area contributed by atoms with E-state index in [9.17, 15) is 9.59 Å². The van der Waals surface area contributed by atoms with E-state index in [0.29, 0.717) is 19.4 Å². The van der Waals surface area contributed by atoms with Gasteiger partial charge in [-0.05, 0) is 77.0 Å². The molecule has 1 unspecified atom stereocenters. The lowest BCUT2D eigenvalue weighted by molar-refractivity contribution is -0.163. The third-order valence-corrected chi connectivity index (χ3v) is 10.3. The molecule has 0 bridgehead atoms. The van der Waals surface area contributed by atoms with E-state index < -0.39 is 6.10 Å². The molecule has 0 amide bonds. The van der Waals surface area contributed by atoms with Gasteiger partial charge in [0.15, 0.2) is 6.10 Å². The first-order valence-electron chi connectivity index (χ1n) is 24.2. The molecule has 5 nitrogen and oxygen atoms in total. The number of carbonyl (C=O) groups is 2. The lowest BCUT2D eigenvalue weighted by atomic mass is 10.1. The summed E-state index contributed by atoms with van der Waals surface area (Å²) in [7, 11) is 0. The SMILES string of the molecule is CCCC/C=C\CCCCCCCCOCC(COC(=O)CCCCCCCC/C=C\C/C=C\C/C=C\CCCCC)OC(=O)CCCCCCCCCCC. The smallest absolute Gasteiger partial charge is 0.306 e. The molecule has 0 aromatic heterocycles. The van der Waals surface area contributed by atoms with Gasteiger partial charge in [-0.1, -0.05) is 198 Å². The number of allylic oxidation sites excluding steroid dienone is 8. The van der Waals surface area contributed by atoms with Crippen LogP contribution in [0.25, 0.3) is 0 Å². The predicted molar refractivity (Wildman–Crippen MR) is 242 cm³/mol. The van der Waals surface area contributed by atoms with Gasteiger partial charge < -0.3 is 14.2 Å². The van der Waals surface area contributed by atoms with Crippen molar-refractivity contribution in [2.45, 2.75) is 245 Å². The summed E-state index contributed by atoms with van der Waals surface area (Å²) in [6, 6.07) is 0. The molecule has 0 aromatic rings. The predicted octanol–water partition coefficient (Wildman–Crippen LogP) is 16.0. The van der Waals surface area contributed by atoms with E-state index in [1.807, 2.05) is 0 Å². The molecule has 0 radical (unpaired) electrons. The van der Waals surface area contributed by atoms with E-state index in [1.54, 1.807) is 0 Å². The second-order valence-corrected chi connectivity index (χ2v) is 16.0. The van der Waals surface area contributed by atoms with E-state index in [1.165, 1.54) is 141 Å². The van der Waals surface area contributed by atoms with Crippen LogP contribution < -0.4 is 0 Å². The van der Waals surface area contributed by atoms with Crippen LogP contribution >= 0.6 is 0 Å². The summed E-state index contributed by atoms with van der Waals surface area (Å²) in [5.74, 6) is -0.412. The number of carbonyl (C=O) groups excluding carboxylic acids is 2. The number of rotatable bonds is 44. The van der Waals surface area contributed by atoms with Gasteiger partial charge in [-0.25, -0.2) is 0 Å². The molecule has 326 valence electrons. The molecule has 0 saturated heterocycles. The van der Waals surface area contributed by atoms with E-state index in [4.69, 9.17) is 14.2 Å². The minimum absolute atomic E-state index is 0.0781. The van der Waals surface area contributed by atoms with Crippen molar-refractivity contribution in [1.82, 2.24) is 0 Å². The number of hydrogen-bond donors (Lipinski definition) is 0. The molecule has 0 fully saturated rings. The van der Waals surface area contributed by atoms with Crippen molar-refractivity contribution < 1.29 is 23.8 Å². The van der Waals surface area contributed by atoms with E-state index >= 15 is 0 Å². The maximum Gasteiger partial charge on any atom is 0.306 e. The molecule has 0 N–H and O–H groups in total. The van der Waals surface area contributed by atoms with Gasteiger partial charge in [0.1, 0.15) is 6.61 Å². The first kappa shape index (κ1) is 53.9. The molecule has 0 aliphatic rings. The van der Waals surface area contributed by atoms with Crippen LogP contribution in [0.4, 0.5) is 0 Å². The molecular formula is C51H92O5. The highest BCUT2D eigenvalue weighted by atomic mass is 16.6. The first-order valence-corrected chi connectivity index (χ1v) is 24.2. The van der Waals surface area contributed by atoms with Gasteiger partial charge in [-0.3, -0.25) is 9.59 Å². The highest BCUT2D eigenvalue weighted by Crippen LogP contribution is 2.14. The van der Waals surface area contributed by atoms with Crippen molar-refractivity contribution in [2.75, 3.05) is 19.8 Å². The summed E-state index contributed by atoms with van der Waals surface area (Å²) >= 11 is 0. The van der Waals surface area contributed by atoms with Crippen molar-refractivity contribution in [2.24, 2.45) is 0 Å². The lowest BCUT2D eigenvalue weighted by Crippen LogP contribution is -2.30. The minimum atomic E-state index is -0.539. The number of esters is 2. The van der Waals surface area contributed by atoms with Crippen LogP contribution in [0.5, 0.6) is 0 Å². The average Bonchev–Trinajstić information content (AvgIpc) is 3.20.